The van der Waals surface area contributed by atoms with Crippen LogP contribution < -0.4 is 9.64 Å². The topological polar surface area (TPSA) is 104 Å². The van der Waals surface area contributed by atoms with Crippen molar-refractivity contribution in [3.05, 3.63) is 58.3 Å². The summed E-state index contributed by atoms with van der Waals surface area (Å²) >= 11 is 12.6. The molecule has 0 aliphatic carbocycles. The number of hydrogen-bond acceptors (Lipinski definition) is 9. The summed E-state index contributed by atoms with van der Waals surface area (Å²) in [4.78, 5) is 32.3. The lowest BCUT2D eigenvalue weighted by molar-refractivity contribution is 0.0240. The summed E-state index contributed by atoms with van der Waals surface area (Å²) in [6.45, 7) is 10.7. The fourth-order valence-corrected chi connectivity index (χ4v) is 5.73. The van der Waals surface area contributed by atoms with E-state index in [1.807, 2.05) is 49.9 Å². The number of carbonyl (C=O) groups excluding carboxylic acids is 1. The molecule has 1 aromatic carbocycles. The van der Waals surface area contributed by atoms with Gasteiger partial charge in [0, 0.05) is 61.0 Å². The van der Waals surface area contributed by atoms with Crippen LogP contribution in [0.5, 0.6) is 11.6 Å². The van der Waals surface area contributed by atoms with Crippen LogP contribution in [-0.4, -0.2) is 87.4 Å². The van der Waals surface area contributed by atoms with Crippen LogP contribution in [0.25, 0.3) is 11.3 Å². The molecule has 12 heteroatoms. The first-order chi connectivity index (χ1) is 20.5. The zero-order valence-electron chi connectivity index (χ0n) is 24.8. The predicted molar refractivity (Wildman–Crippen MR) is 167 cm³/mol. The number of benzene rings is 1. The highest BCUT2D eigenvalue weighted by molar-refractivity contribution is 6.35. The molecule has 0 spiro atoms. The van der Waals surface area contributed by atoms with Crippen molar-refractivity contribution < 1.29 is 19.4 Å². The van der Waals surface area contributed by atoms with Gasteiger partial charge in [0.2, 0.25) is 11.8 Å². The average Bonchev–Trinajstić information content (AvgIpc) is 2.96. The smallest absolute Gasteiger partial charge is 0.410 e. The number of halogens is 2. The maximum Gasteiger partial charge on any atom is 0.410 e. The Balaban J connectivity index is 1.28. The van der Waals surface area contributed by atoms with E-state index in [1.165, 1.54) is 0 Å². The lowest BCUT2D eigenvalue weighted by atomic mass is 9.97. The number of amides is 1. The molecule has 0 atom stereocenters. The molecule has 0 radical (unpaired) electrons. The number of aliphatic hydroxyl groups is 1. The molecule has 2 fully saturated rings. The second kappa shape index (κ2) is 13.6. The van der Waals surface area contributed by atoms with Crippen molar-refractivity contribution in [2.75, 3.05) is 50.8 Å². The van der Waals surface area contributed by atoms with Gasteiger partial charge in [-0.05, 0) is 82.4 Å². The van der Waals surface area contributed by atoms with Crippen molar-refractivity contribution >= 4 is 35.2 Å². The Labute approximate surface area is 262 Å². The summed E-state index contributed by atoms with van der Waals surface area (Å²) in [6.07, 6.45) is 4.91. The van der Waals surface area contributed by atoms with Crippen LogP contribution in [0.4, 0.5) is 10.7 Å². The van der Waals surface area contributed by atoms with Gasteiger partial charge < -0.3 is 24.4 Å². The van der Waals surface area contributed by atoms with Gasteiger partial charge in [0.15, 0.2) is 5.75 Å². The van der Waals surface area contributed by atoms with Crippen LogP contribution in [0.3, 0.4) is 0 Å². The van der Waals surface area contributed by atoms with E-state index < -0.39 is 5.60 Å². The normalized spacial score (nSPS) is 16.8. The molecule has 4 heterocycles. The van der Waals surface area contributed by atoms with Gasteiger partial charge in [-0.1, -0.05) is 23.2 Å². The van der Waals surface area contributed by atoms with E-state index in [0.29, 0.717) is 65.4 Å². The molecule has 0 saturated carbocycles. The van der Waals surface area contributed by atoms with Gasteiger partial charge >= 0.3 is 6.09 Å². The molecule has 230 valence electrons. The van der Waals surface area contributed by atoms with Crippen molar-refractivity contribution in [1.29, 1.82) is 0 Å². The standard InChI is InChI=1S/C31H38Cl2N6O4/c1-31(2,3)43-30(41)39-10-8-38(9-11-39)29-34-17-26(18-35-29)42-28-13-22(19-37-6-4-21(20-40)5-7-37)12-27(36-28)23-14-24(32)16-25(33)15-23/h12-18,21,40H,4-11,19-20H2,1-3H3. The van der Waals surface area contributed by atoms with Gasteiger partial charge in [-0.3, -0.25) is 4.90 Å². The minimum atomic E-state index is -0.527. The molecule has 2 aromatic heterocycles. The molecule has 3 aromatic rings. The van der Waals surface area contributed by atoms with Crippen LogP contribution in [0.1, 0.15) is 39.2 Å². The van der Waals surface area contributed by atoms with Gasteiger partial charge in [-0.15, -0.1) is 0 Å². The Morgan fingerprint density at radius 1 is 0.953 bits per heavy atom. The summed E-state index contributed by atoms with van der Waals surface area (Å²) in [7, 11) is 0. The monoisotopic (exact) mass is 628 g/mol. The quantitative estimate of drug-likeness (QED) is 0.342. The lowest BCUT2D eigenvalue weighted by Gasteiger charge is -2.35. The maximum absolute atomic E-state index is 12.4. The zero-order valence-corrected chi connectivity index (χ0v) is 26.3. The molecular weight excluding hydrogens is 591 g/mol. The Hall–Kier alpha value is -3.18. The number of rotatable bonds is 7. The highest BCUT2D eigenvalue weighted by atomic mass is 35.5. The summed E-state index contributed by atoms with van der Waals surface area (Å²) < 4.78 is 11.6. The lowest BCUT2D eigenvalue weighted by Crippen LogP contribution is -2.50. The zero-order chi connectivity index (χ0) is 30.6. The van der Waals surface area contributed by atoms with Gasteiger partial charge in [0.25, 0.3) is 0 Å². The van der Waals surface area contributed by atoms with Crippen molar-refractivity contribution in [3.8, 4) is 22.9 Å². The van der Waals surface area contributed by atoms with Crippen LogP contribution in [0, 0.1) is 5.92 Å². The number of piperazine rings is 1. The van der Waals surface area contributed by atoms with E-state index in [2.05, 4.69) is 14.9 Å². The Morgan fingerprint density at radius 2 is 1.60 bits per heavy atom. The first-order valence-corrected chi connectivity index (χ1v) is 15.3. The van der Waals surface area contributed by atoms with Crippen LogP contribution in [0.15, 0.2) is 42.7 Å². The number of aliphatic hydroxyl groups excluding tert-OH is 1. The Bertz CT molecular complexity index is 1380. The number of anilines is 1. The number of ether oxygens (including phenoxy) is 2. The Kier molecular flexibility index (Phi) is 9.91. The summed E-state index contributed by atoms with van der Waals surface area (Å²) in [5.41, 5.74) is 2.00. The molecule has 2 aliphatic heterocycles. The van der Waals surface area contributed by atoms with E-state index in [4.69, 9.17) is 37.7 Å². The molecule has 5 rings (SSSR count). The molecular formula is C31H38Cl2N6O4. The third-order valence-electron chi connectivity index (χ3n) is 7.44. The highest BCUT2D eigenvalue weighted by Gasteiger charge is 2.27. The van der Waals surface area contributed by atoms with E-state index in [9.17, 15) is 9.90 Å². The van der Waals surface area contributed by atoms with Gasteiger partial charge in [0.1, 0.15) is 5.60 Å². The average molecular weight is 630 g/mol. The number of carbonyl (C=O) groups is 1. The molecule has 1 N–H and O–H groups in total. The number of pyridine rings is 1. The molecule has 2 saturated heterocycles. The number of aromatic nitrogens is 3. The number of hydrogen-bond donors (Lipinski definition) is 1. The SMILES string of the molecule is CC(C)(C)OC(=O)N1CCN(c2ncc(Oc3cc(CN4CCC(CO)CC4)cc(-c4cc(Cl)cc(Cl)c4)n3)cn2)CC1. The van der Waals surface area contributed by atoms with Gasteiger partial charge in [0.05, 0.1) is 18.1 Å². The molecule has 2 aliphatic rings. The number of piperidine rings is 1. The molecule has 0 bridgehead atoms. The fourth-order valence-electron chi connectivity index (χ4n) is 5.20. The van der Waals surface area contributed by atoms with Gasteiger partial charge in [-0.2, -0.15) is 0 Å². The maximum atomic E-state index is 12.4. The van der Waals surface area contributed by atoms with Gasteiger partial charge in [-0.25, -0.2) is 19.7 Å². The van der Waals surface area contributed by atoms with E-state index in [0.717, 1.165) is 43.6 Å². The van der Waals surface area contributed by atoms with E-state index in [-0.39, 0.29) is 12.7 Å². The van der Waals surface area contributed by atoms with E-state index >= 15 is 0 Å². The van der Waals surface area contributed by atoms with Crippen LogP contribution >= 0.6 is 23.2 Å². The molecule has 10 nitrogen and oxygen atoms in total. The minimum absolute atomic E-state index is 0.240. The summed E-state index contributed by atoms with van der Waals surface area (Å²) in [6, 6.07) is 9.31. The molecule has 1 amide bonds. The Morgan fingerprint density at radius 3 is 2.21 bits per heavy atom. The number of nitrogens with zero attached hydrogens (tertiary/aromatic N) is 6. The van der Waals surface area contributed by atoms with Crippen molar-refractivity contribution in [3.63, 3.8) is 0 Å². The molecule has 0 unspecified atom stereocenters. The fraction of sp³-hybridized carbons (Fsp3) is 0.484. The summed E-state index contributed by atoms with van der Waals surface area (Å²) in [5, 5.41) is 10.6. The van der Waals surface area contributed by atoms with E-state index in [1.54, 1.807) is 23.4 Å². The van der Waals surface area contributed by atoms with Crippen molar-refractivity contribution in [1.82, 2.24) is 24.8 Å². The number of likely N-dealkylation sites (tertiary alicyclic amines) is 1. The highest BCUT2D eigenvalue weighted by Crippen LogP contribution is 2.31. The third kappa shape index (κ3) is 8.69. The van der Waals surface area contributed by atoms with Crippen LogP contribution in [-0.2, 0) is 11.3 Å². The minimum Gasteiger partial charge on any atom is -0.444 e. The first-order valence-electron chi connectivity index (χ1n) is 14.6. The second-order valence-electron chi connectivity index (χ2n) is 12.0. The predicted octanol–water partition coefficient (Wildman–Crippen LogP) is 5.90. The second-order valence-corrected chi connectivity index (χ2v) is 12.9. The van der Waals surface area contributed by atoms with Crippen molar-refractivity contribution in [2.45, 2.75) is 45.8 Å². The molecule has 43 heavy (non-hydrogen) atoms. The largest absolute Gasteiger partial charge is 0.444 e. The first kappa shape index (κ1) is 31.3. The van der Waals surface area contributed by atoms with Crippen molar-refractivity contribution in [2.24, 2.45) is 5.92 Å². The third-order valence-corrected chi connectivity index (χ3v) is 7.88. The summed E-state index contributed by atoms with van der Waals surface area (Å²) in [5.74, 6) is 1.81. The van der Waals surface area contributed by atoms with Crippen LogP contribution in [0.2, 0.25) is 10.0 Å².